The van der Waals surface area contributed by atoms with E-state index in [1.165, 1.54) is 6.07 Å². The Bertz CT molecular complexity index is 454. The summed E-state index contributed by atoms with van der Waals surface area (Å²) in [4.78, 5) is 22.2. The van der Waals surface area contributed by atoms with Gasteiger partial charge in [0.05, 0.1) is 24.7 Å². The Morgan fingerprint density at radius 1 is 1.39 bits per heavy atom. The normalized spacial score (nSPS) is 19.4. The number of para-hydroxylation sites is 1. The summed E-state index contributed by atoms with van der Waals surface area (Å²) in [6, 6.07) is 6.22. The third-order valence-corrected chi connectivity index (χ3v) is 2.73. The Labute approximate surface area is 104 Å². The molecule has 0 radical (unpaired) electrons. The number of ketones is 1. The highest BCUT2D eigenvalue weighted by atomic mass is 16.6. The van der Waals surface area contributed by atoms with Crippen LogP contribution < -0.4 is 0 Å². The third-order valence-electron chi connectivity index (χ3n) is 2.73. The first-order valence-corrected chi connectivity index (χ1v) is 5.63. The molecule has 2 rings (SSSR count). The van der Waals surface area contributed by atoms with Gasteiger partial charge in [0.2, 0.25) is 0 Å². The molecule has 0 bridgehead atoms. The van der Waals surface area contributed by atoms with Gasteiger partial charge in [0.25, 0.3) is 5.69 Å². The smallest absolute Gasteiger partial charge is 0.273 e. The molecule has 0 aliphatic carbocycles. The van der Waals surface area contributed by atoms with Crippen LogP contribution >= 0.6 is 0 Å². The lowest BCUT2D eigenvalue weighted by Gasteiger charge is -2.21. The average molecular weight is 251 g/mol. The van der Waals surface area contributed by atoms with E-state index in [4.69, 9.17) is 9.47 Å². The van der Waals surface area contributed by atoms with Crippen LogP contribution in [0, 0.1) is 10.1 Å². The number of carbonyl (C=O) groups excluding carboxylic acids is 1. The maximum absolute atomic E-state index is 11.9. The lowest BCUT2D eigenvalue weighted by molar-refractivity contribution is -0.385. The minimum atomic E-state index is -0.612. The van der Waals surface area contributed by atoms with Crippen molar-refractivity contribution in [2.24, 2.45) is 0 Å². The summed E-state index contributed by atoms with van der Waals surface area (Å²) < 4.78 is 10.4. The molecule has 1 heterocycles. The van der Waals surface area contributed by atoms with Gasteiger partial charge in [-0.05, 0) is 0 Å². The number of ether oxygens (including phenoxy) is 2. The van der Waals surface area contributed by atoms with Gasteiger partial charge in [-0.3, -0.25) is 14.9 Å². The molecule has 18 heavy (non-hydrogen) atoms. The molecule has 0 saturated carbocycles. The minimum absolute atomic E-state index is 0.00875. The van der Waals surface area contributed by atoms with Gasteiger partial charge in [-0.1, -0.05) is 18.2 Å². The Morgan fingerprint density at radius 2 is 2.17 bits per heavy atom. The maximum atomic E-state index is 11.9. The van der Waals surface area contributed by atoms with Crippen molar-refractivity contribution in [1.82, 2.24) is 0 Å². The molecule has 1 saturated heterocycles. The summed E-state index contributed by atoms with van der Waals surface area (Å²) in [5.74, 6) is -0.191. The molecule has 1 aromatic carbocycles. The van der Waals surface area contributed by atoms with Gasteiger partial charge in [0, 0.05) is 18.1 Å². The second kappa shape index (κ2) is 5.70. The van der Waals surface area contributed by atoms with Gasteiger partial charge < -0.3 is 9.47 Å². The van der Waals surface area contributed by atoms with Gasteiger partial charge in [-0.25, -0.2) is 0 Å². The molecule has 0 amide bonds. The SMILES string of the molecule is O=C(Cc1ccccc1[N+](=O)[O-])C1COCCO1. The average Bonchev–Trinajstić information content (AvgIpc) is 2.40. The Balaban J connectivity index is 2.08. The summed E-state index contributed by atoms with van der Waals surface area (Å²) in [5, 5.41) is 10.8. The Morgan fingerprint density at radius 3 is 2.83 bits per heavy atom. The van der Waals surface area contributed by atoms with Crippen LogP contribution in [0.4, 0.5) is 5.69 Å². The number of benzene rings is 1. The van der Waals surface area contributed by atoms with Crippen molar-refractivity contribution < 1.29 is 19.2 Å². The van der Waals surface area contributed by atoms with Gasteiger partial charge in [-0.15, -0.1) is 0 Å². The molecule has 1 aliphatic heterocycles. The first kappa shape index (κ1) is 12.7. The summed E-state index contributed by atoms with van der Waals surface area (Å²) in [6.07, 6.45) is -0.621. The van der Waals surface area contributed by atoms with Crippen LogP contribution in [-0.4, -0.2) is 36.6 Å². The number of Topliss-reactive ketones (excluding diaryl/α,β-unsaturated/α-hetero) is 1. The lowest BCUT2D eigenvalue weighted by Crippen LogP contribution is -2.36. The first-order valence-electron chi connectivity index (χ1n) is 5.63. The highest BCUT2D eigenvalue weighted by molar-refractivity contribution is 5.86. The minimum Gasteiger partial charge on any atom is -0.376 e. The van der Waals surface area contributed by atoms with E-state index >= 15 is 0 Å². The molecule has 0 spiro atoms. The summed E-state index contributed by atoms with van der Waals surface area (Å²) in [5.41, 5.74) is 0.365. The number of carbonyl (C=O) groups is 1. The number of nitrogens with zero attached hydrogens (tertiary/aromatic N) is 1. The molecule has 0 aromatic heterocycles. The van der Waals surface area contributed by atoms with Crippen molar-refractivity contribution in [2.45, 2.75) is 12.5 Å². The monoisotopic (exact) mass is 251 g/mol. The molecule has 1 unspecified atom stereocenters. The van der Waals surface area contributed by atoms with Crippen molar-refractivity contribution in [2.75, 3.05) is 19.8 Å². The zero-order valence-electron chi connectivity index (χ0n) is 9.70. The fraction of sp³-hybridized carbons (Fsp3) is 0.417. The second-order valence-corrected chi connectivity index (χ2v) is 3.96. The summed E-state index contributed by atoms with van der Waals surface area (Å²) in [6.45, 7) is 1.09. The molecule has 0 N–H and O–H groups in total. The molecular formula is C12H13NO5. The molecule has 6 nitrogen and oxygen atoms in total. The fourth-order valence-corrected chi connectivity index (χ4v) is 1.81. The number of hydrogen-bond donors (Lipinski definition) is 0. The van der Waals surface area contributed by atoms with Gasteiger partial charge >= 0.3 is 0 Å². The van der Waals surface area contributed by atoms with Crippen molar-refractivity contribution in [3.63, 3.8) is 0 Å². The quantitative estimate of drug-likeness (QED) is 0.592. The molecule has 1 aliphatic rings. The fourth-order valence-electron chi connectivity index (χ4n) is 1.81. The van der Waals surface area contributed by atoms with E-state index in [2.05, 4.69) is 0 Å². The lowest BCUT2D eigenvalue weighted by atomic mass is 10.0. The maximum Gasteiger partial charge on any atom is 0.273 e. The third kappa shape index (κ3) is 2.91. The molecular weight excluding hydrogens is 238 g/mol. The van der Waals surface area contributed by atoms with Crippen LogP contribution in [0.2, 0.25) is 0 Å². The largest absolute Gasteiger partial charge is 0.376 e. The van der Waals surface area contributed by atoms with Crippen LogP contribution in [0.25, 0.3) is 0 Å². The number of hydrogen-bond acceptors (Lipinski definition) is 5. The van der Waals surface area contributed by atoms with Crippen molar-refractivity contribution in [3.8, 4) is 0 Å². The molecule has 1 fully saturated rings. The van der Waals surface area contributed by atoms with Gasteiger partial charge in [0.1, 0.15) is 6.10 Å². The predicted molar refractivity (Wildman–Crippen MR) is 62.4 cm³/mol. The van der Waals surface area contributed by atoms with E-state index in [0.717, 1.165) is 0 Å². The Hall–Kier alpha value is -1.79. The van der Waals surface area contributed by atoms with Crippen molar-refractivity contribution >= 4 is 11.5 Å². The highest BCUT2D eigenvalue weighted by Gasteiger charge is 2.25. The van der Waals surface area contributed by atoms with Crippen LogP contribution in [0.5, 0.6) is 0 Å². The van der Waals surface area contributed by atoms with Gasteiger partial charge in [0.15, 0.2) is 5.78 Å². The van der Waals surface area contributed by atoms with Crippen LogP contribution in [0.15, 0.2) is 24.3 Å². The summed E-state index contributed by atoms with van der Waals surface area (Å²) in [7, 11) is 0. The van der Waals surface area contributed by atoms with Crippen molar-refractivity contribution in [1.29, 1.82) is 0 Å². The van der Waals surface area contributed by atoms with Crippen molar-refractivity contribution in [3.05, 3.63) is 39.9 Å². The number of rotatable bonds is 4. The van der Waals surface area contributed by atoms with Gasteiger partial charge in [-0.2, -0.15) is 0 Å². The number of nitro groups is 1. The predicted octanol–water partition coefficient (Wildman–Crippen LogP) is 1.12. The summed E-state index contributed by atoms with van der Waals surface area (Å²) >= 11 is 0. The zero-order chi connectivity index (χ0) is 13.0. The van der Waals surface area contributed by atoms with E-state index in [0.29, 0.717) is 18.8 Å². The molecule has 96 valence electrons. The standard InChI is InChI=1S/C12H13NO5/c14-11(12-8-17-5-6-18-12)7-9-3-1-2-4-10(9)13(15)16/h1-4,12H,5-8H2. The van der Waals surface area contributed by atoms with Crippen LogP contribution in [-0.2, 0) is 20.7 Å². The van der Waals surface area contributed by atoms with E-state index in [-0.39, 0.29) is 24.5 Å². The van der Waals surface area contributed by atoms with E-state index in [1.54, 1.807) is 18.2 Å². The van der Waals surface area contributed by atoms with E-state index in [1.807, 2.05) is 0 Å². The van der Waals surface area contributed by atoms with Crippen LogP contribution in [0.1, 0.15) is 5.56 Å². The van der Waals surface area contributed by atoms with E-state index < -0.39 is 11.0 Å². The molecule has 1 aromatic rings. The number of nitro benzene ring substituents is 1. The Kier molecular flexibility index (Phi) is 4.01. The topological polar surface area (TPSA) is 78.7 Å². The second-order valence-electron chi connectivity index (χ2n) is 3.96. The molecule has 1 atom stereocenters. The molecule has 6 heteroatoms. The highest BCUT2D eigenvalue weighted by Crippen LogP contribution is 2.19. The first-order chi connectivity index (χ1) is 8.68. The van der Waals surface area contributed by atoms with E-state index in [9.17, 15) is 14.9 Å². The van der Waals surface area contributed by atoms with Crippen LogP contribution in [0.3, 0.4) is 0 Å². The zero-order valence-corrected chi connectivity index (χ0v) is 9.70.